The van der Waals surface area contributed by atoms with Crippen LogP contribution in [0.15, 0.2) is 29.9 Å². The average Bonchev–Trinajstić information content (AvgIpc) is 3.11. The predicted octanol–water partition coefficient (Wildman–Crippen LogP) is 1.04. The summed E-state index contributed by atoms with van der Waals surface area (Å²) in [6.45, 7) is 4.22. The van der Waals surface area contributed by atoms with Gasteiger partial charge in [0.15, 0.2) is 5.82 Å². The Labute approximate surface area is 150 Å². The maximum absolute atomic E-state index is 12.8. The van der Waals surface area contributed by atoms with Crippen molar-refractivity contribution in [3.8, 4) is 10.7 Å². The standard InChI is InChI=1S/C17H20N4O3S/c22-16(13-8-19-15(20-9-13)14-2-1-7-25-14)21-4-6-24-17(11-21)10-18-3-5-23-12-17/h1-2,7-9,18H,3-6,10-12H2/t17-/m1/s1. The molecular weight excluding hydrogens is 340 g/mol. The fraction of sp³-hybridized carbons (Fsp3) is 0.471. The van der Waals surface area contributed by atoms with E-state index in [0.29, 0.717) is 50.8 Å². The highest BCUT2D eigenvalue weighted by atomic mass is 32.1. The van der Waals surface area contributed by atoms with Crippen LogP contribution >= 0.6 is 11.3 Å². The average molecular weight is 360 g/mol. The summed E-state index contributed by atoms with van der Waals surface area (Å²) in [6, 6.07) is 3.92. The molecule has 2 fully saturated rings. The summed E-state index contributed by atoms with van der Waals surface area (Å²) >= 11 is 1.58. The Balaban J connectivity index is 1.48. The third-order valence-corrected chi connectivity index (χ3v) is 5.28. The van der Waals surface area contributed by atoms with Crippen LogP contribution in [0.1, 0.15) is 10.4 Å². The van der Waals surface area contributed by atoms with Gasteiger partial charge in [-0.15, -0.1) is 11.3 Å². The van der Waals surface area contributed by atoms with E-state index in [1.165, 1.54) is 0 Å². The quantitative estimate of drug-likeness (QED) is 0.862. The van der Waals surface area contributed by atoms with E-state index in [-0.39, 0.29) is 5.91 Å². The molecule has 1 N–H and O–H groups in total. The molecule has 132 valence electrons. The van der Waals surface area contributed by atoms with Crippen LogP contribution in [0.25, 0.3) is 10.7 Å². The molecule has 0 radical (unpaired) electrons. The summed E-state index contributed by atoms with van der Waals surface area (Å²) in [6.07, 6.45) is 3.21. The van der Waals surface area contributed by atoms with Crippen molar-refractivity contribution in [2.24, 2.45) is 0 Å². The largest absolute Gasteiger partial charge is 0.377 e. The lowest BCUT2D eigenvalue weighted by Gasteiger charge is -2.41. The highest BCUT2D eigenvalue weighted by Crippen LogP contribution is 2.23. The number of ether oxygens (including phenoxy) is 2. The van der Waals surface area contributed by atoms with Crippen LogP contribution in [0.5, 0.6) is 0 Å². The Morgan fingerprint density at radius 3 is 3.00 bits per heavy atom. The number of carbonyl (C=O) groups excluding carboxylic acids is 1. The lowest BCUT2D eigenvalue weighted by atomic mass is 10.0. The number of nitrogens with one attached hydrogen (secondary N) is 1. The lowest BCUT2D eigenvalue weighted by Crippen LogP contribution is -2.59. The second-order valence-electron chi connectivity index (χ2n) is 6.26. The Hall–Kier alpha value is -1.87. The minimum atomic E-state index is -0.470. The molecule has 4 rings (SSSR count). The number of aromatic nitrogens is 2. The molecule has 2 aliphatic heterocycles. The fourth-order valence-electron chi connectivity index (χ4n) is 3.14. The van der Waals surface area contributed by atoms with Crippen LogP contribution < -0.4 is 5.32 Å². The van der Waals surface area contributed by atoms with E-state index in [1.807, 2.05) is 22.4 Å². The number of hydrogen-bond donors (Lipinski definition) is 1. The Kier molecular flexibility index (Phi) is 4.76. The van der Waals surface area contributed by atoms with Crippen molar-refractivity contribution in [2.45, 2.75) is 5.60 Å². The molecular formula is C17H20N4O3S. The molecule has 2 aromatic rings. The first-order valence-electron chi connectivity index (χ1n) is 8.33. The maximum atomic E-state index is 12.8. The number of carbonyl (C=O) groups is 1. The monoisotopic (exact) mass is 360 g/mol. The molecule has 25 heavy (non-hydrogen) atoms. The van der Waals surface area contributed by atoms with Gasteiger partial charge >= 0.3 is 0 Å². The molecule has 0 saturated carbocycles. The lowest BCUT2D eigenvalue weighted by molar-refractivity contribution is -0.125. The summed E-state index contributed by atoms with van der Waals surface area (Å²) in [7, 11) is 0. The van der Waals surface area contributed by atoms with E-state index in [1.54, 1.807) is 23.7 Å². The molecule has 2 aliphatic rings. The van der Waals surface area contributed by atoms with Crippen molar-refractivity contribution in [1.82, 2.24) is 20.2 Å². The second kappa shape index (κ2) is 7.17. The van der Waals surface area contributed by atoms with Crippen molar-refractivity contribution >= 4 is 17.2 Å². The van der Waals surface area contributed by atoms with Gasteiger partial charge in [0, 0.05) is 32.0 Å². The van der Waals surface area contributed by atoms with Crippen molar-refractivity contribution in [2.75, 3.05) is 46.0 Å². The van der Waals surface area contributed by atoms with Crippen molar-refractivity contribution in [3.63, 3.8) is 0 Å². The summed E-state index contributed by atoms with van der Waals surface area (Å²) in [5.41, 5.74) is 0.0298. The van der Waals surface area contributed by atoms with Gasteiger partial charge in [-0.3, -0.25) is 4.79 Å². The zero-order chi connectivity index (χ0) is 17.1. The van der Waals surface area contributed by atoms with Gasteiger partial charge in [0.1, 0.15) is 5.60 Å². The van der Waals surface area contributed by atoms with Gasteiger partial charge in [-0.2, -0.15) is 0 Å². The minimum absolute atomic E-state index is 0.0651. The van der Waals surface area contributed by atoms with Gasteiger partial charge < -0.3 is 19.7 Å². The van der Waals surface area contributed by atoms with E-state index in [9.17, 15) is 4.79 Å². The Morgan fingerprint density at radius 1 is 1.32 bits per heavy atom. The van der Waals surface area contributed by atoms with Crippen LogP contribution in [0.4, 0.5) is 0 Å². The molecule has 1 spiro atoms. The maximum Gasteiger partial charge on any atom is 0.257 e. The molecule has 0 bridgehead atoms. The summed E-state index contributed by atoms with van der Waals surface area (Å²) in [5, 5.41) is 5.30. The van der Waals surface area contributed by atoms with Crippen LogP contribution in [0, 0.1) is 0 Å². The van der Waals surface area contributed by atoms with E-state index < -0.39 is 5.60 Å². The molecule has 7 nitrogen and oxygen atoms in total. The van der Waals surface area contributed by atoms with Crippen LogP contribution in [-0.2, 0) is 9.47 Å². The molecule has 1 amide bonds. The number of rotatable bonds is 2. The van der Waals surface area contributed by atoms with Crippen molar-refractivity contribution in [3.05, 3.63) is 35.5 Å². The molecule has 2 saturated heterocycles. The number of nitrogens with zero attached hydrogens (tertiary/aromatic N) is 3. The smallest absolute Gasteiger partial charge is 0.257 e. The molecule has 0 unspecified atom stereocenters. The van der Waals surface area contributed by atoms with Crippen LogP contribution in [-0.4, -0.2) is 72.4 Å². The van der Waals surface area contributed by atoms with Gasteiger partial charge in [0.05, 0.1) is 36.8 Å². The zero-order valence-electron chi connectivity index (χ0n) is 13.8. The van der Waals surface area contributed by atoms with E-state index in [4.69, 9.17) is 9.47 Å². The number of amides is 1. The predicted molar refractivity (Wildman–Crippen MR) is 93.6 cm³/mol. The molecule has 0 aromatic carbocycles. The van der Waals surface area contributed by atoms with Gasteiger partial charge in [-0.25, -0.2) is 9.97 Å². The molecule has 0 aliphatic carbocycles. The normalized spacial score (nSPS) is 24.2. The minimum Gasteiger partial charge on any atom is -0.377 e. The topological polar surface area (TPSA) is 76.6 Å². The molecule has 1 atom stereocenters. The highest BCUT2D eigenvalue weighted by Gasteiger charge is 2.39. The van der Waals surface area contributed by atoms with Gasteiger partial charge in [0.2, 0.25) is 0 Å². The van der Waals surface area contributed by atoms with E-state index >= 15 is 0 Å². The number of thiophene rings is 1. The zero-order valence-corrected chi connectivity index (χ0v) is 14.6. The Morgan fingerprint density at radius 2 is 2.20 bits per heavy atom. The van der Waals surface area contributed by atoms with Crippen LogP contribution in [0.2, 0.25) is 0 Å². The number of hydrogen-bond acceptors (Lipinski definition) is 7. The van der Waals surface area contributed by atoms with Crippen molar-refractivity contribution < 1.29 is 14.3 Å². The first-order valence-corrected chi connectivity index (χ1v) is 9.21. The third-order valence-electron chi connectivity index (χ3n) is 4.41. The Bertz CT molecular complexity index is 712. The fourth-order valence-corrected chi connectivity index (χ4v) is 3.81. The first kappa shape index (κ1) is 16.6. The van der Waals surface area contributed by atoms with E-state index in [0.717, 1.165) is 11.4 Å². The molecule has 4 heterocycles. The summed E-state index contributed by atoms with van der Waals surface area (Å²) in [4.78, 5) is 24.3. The molecule has 8 heteroatoms. The van der Waals surface area contributed by atoms with Crippen LogP contribution in [0.3, 0.4) is 0 Å². The third kappa shape index (κ3) is 3.57. The highest BCUT2D eigenvalue weighted by molar-refractivity contribution is 7.13. The second-order valence-corrected chi connectivity index (χ2v) is 7.21. The molecule has 2 aromatic heterocycles. The van der Waals surface area contributed by atoms with Gasteiger partial charge in [-0.05, 0) is 11.4 Å². The summed E-state index contributed by atoms with van der Waals surface area (Å²) in [5.74, 6) is 0.580. The summed E-state index contributed by atoms with van der Waals surface area (Å²) < 4.78 is 11.6. The van der Waals surface area contributed by atoms with Gasteiger partial charge in [-0.1, -0.05) is 6.07 Å². The van der Waals surface area contributed by atoms with Crippen molar-refractivity contribution in [1.29, 1.82) is 0 Å². The van der Waals surface area contributed by atoms with Gasteiger partial charge in [0.25, 0.3) is 5.91 Å². The number of morpholine rings is 1. The van der Waals surface area contributed by atoms with E-state index in [2.05, 4.69) is 15.3 Å². The first-order chi connectivity index (χ1) is 12.3. The SMILES string of the molecule is O=C(c1cnc(-c2cccs2)nc1)N1CCO[C@]2(CNCCOC2)C1.